The van der Waals surface area contributed by atoms with Gasteiger partial charge in [-0.3, -0.25) is 9.59 Å². The number of benzene rings is 1. The van der Waals surface area contributed by atoms with Gasteiger partial charge < -0.3 is 30.6 Å². The molecule has 1 aromatic rings. The third-order valence-corrected chi connectivity index (χ3v) is 9.44. The molecule has 4 atom stereocenters. The fourth-order valence-corrected chi connectivity index (χ4v) is 7.22. The molecule has 4 bridgehead atoms. The molecular weight excluding hydrogens is 488 g/mol. The van der Waals surface area contributed by atoms with Gasteiger partial charge in [-0.1, -0.05) is 0 Å². The summed E-state index contributed by atoms with van der Waals surface area (Å²) in [6.07, 6.45) is 3.79. The van der Waals surface area contributed by atoms with E-state index in [1.165, 1.54) is 0 Å². The number of hydrogen-bond donors (Lipinski definition) is 4. The van der Waals surface area contributed by atoms with E-state index in [4.69, 9.17) is 0 Å². The number of nitrogens with one attached hydrogen (secondary N) is 2. The molecule has 0 saturated carbocycles. The summed E-state index contributed by atoms with van der Waals surface area (Å²) in [7, 11) is 0. The Morgan fingerprint density at radius 3 is 1.32 bits per heavy atom. The highest BCUT2D eigenvalue weighted by atomic mass is 16.4. The summed E-state index contributed by atoms with van der Waals surface area (Å²) in [5.74, 6) is -2.71. The van der Waals surface area contributed by atoms with Crippen molar-refractivity contribution in [3.05, 3.63) is 34.4 Å². The van der Waals surface area contributed by atoms with E-state index in [-0.39, 0.29) is 23.7 Å². The maximum Gasteiger partial charge on any atom is 0.326 e. The second kappa shape index (κ2) is 10.6. The molecule has 6 aliphatic heterocycles. The lowest BCUT2D eigenvalue weighted by atomic mass is 9.75. The number of carbonyl (C=O) groups is 4. The normalized spacial score (nSPS) is 31.3. The highest BCUT2D eigenvalue weighted by Gasteiger charge is 2.43. The number of nitrogens with zero attached hydrogens (tertiary/aromatic N) is 2. The Labute approximate surface area is 222 Å². The van der Waals surface area contributed by atoms with Crippen molar-refractivity contribution in [1.29, 1.82) is 0 Å². The minimum Gasteiger partial charge on any atom is -0.480 e. The van der Waals surface area contributed by atoms with Crippen LogP contribution in [0.5, 0.6) is 0 Å². The minimum absolute atomic E-state index is 0.135. The zero-order chi connectivity index (χ0) is 27.1. The van der Waals surface area contributed by atoms with Crippen molar-refractivity contribution in [3.63, 3.8) is 0 Å². The second-order valence-electron chi connectivity index (χ2n) is 11.7. The average molecular weight is 527 g/mol. The average Bonchev–Trinajstić information content (AvgIpc) is 2.92. The Kier molecular flexibility index (Phi) is 7.46. The molecule has 2 amide bonds. The summed E-state index contributed by atoms with van der Waals surface area (Å²) in [6.45, 7) is 8.66. The molecule has 1 aromatic carbocycles. The van der Waals surface area contributed by atoms with Gasteiger partial charge in [-0.2, -0.15) is 0 Å². The topological polar surface area (TPSA) is 139 Å². The van der Waals surface area contributed by atoms with Crippen molar-refractivity contribution < 1.29 is 29.4 Å². The molecule has 4 N–H and O–H groups in total. The van der Waals surface area contributed by atoms with E-state index in [0.717, 1.165) is 51.9 Å². The zero-order valence-corrected chi connectivity index (χ0v) is 22.1. The largest absolute Gasteiger partial charge is 0.480 e. The first-order valence-corrected chi connectivity index (χ1v) is 13.8. The van der Waals surface area contributed by atoms with Crippen molar-refractivity contribution in [2.75, 3.05) is 39.3 Å². The van der Waals surface area contributed by atoms with Crippen LogP contribution in [0.3, 0.4) is 0 Å². The van der Waals surface area contributed by atoms with E-state index < -0.39 is 35.8 Å². The van der Waals surface area contributed by atoms with E-state index in [0.29, 0.717) is 35.3 Å². The Hall–Kier alpha value is -2.98. The molecule has 7 rings (SSSR count). The molecular formula is C28H38N4O6. The third-order valence-electron chi connectivity index (χ3n) is 9.44. The van der Waals surface area contributed by atoms with Gasteiger partial charge >= 0.3 is 11.9 Å². The van der Waals surface area contributed by atoms with Gasteiger partial charge in [0.1, 0.15) is 12.1 Å². The zero-order valence-electron chi connectivity index (χ0n) is 22.1. The molecule has 6 saturated heterocycles. The van der Waals surface area contributed by atoms with Crippen molar-refractivity contribution in [2.24, 2.45) is 23.7 Å². The highest BCUT2D eigenvalue weighted by Crippen LogP contribution is 2.36. The predicted octanol–water partition coefficient (Wildman–Crippen LogP) is 1.35. The standard InChI is InChI=1S/C28H38N4O6/c1-15-11-20(26(34)30-24(28(37)38)22-14-32-9-5-18(22)6-10-32)16(2)12-19(15)25(33)29-23(27(35)36)21-13-31-7-3-17(21)4-8-31/h11-12,17-18,21-24H,3-10,13-14H2,1-2H3,(H,29,33)(H,30,34)(H,35,36)(H,37,38)/t21-,22-,23?,24?/m0/s1. The van der Waals surface area contributed by atoms with Gasteiger partial charge in [0.05, 0.1) is 0 Å². The van der Waals surface area contributed by atoms with Crippen molar-refractivity contribution in [2.45, 2.75) is 51.6 Å². The number of rotatable bonds is 8. The lowest BCUT2D eigenvalue weighted by Gasteiger charge is -2.46. The number of aliphatic carboxylic acids is 2. The Balaban J connectivity index is 1.30. The van der Waals surface area contributed by atoms with Crippen LogP contribution in [-0.2, 0) is 9.59 Å². The summed E-state index contributed by atoms with van der Waals surface area (Å²) in [5.41, 5.74) is 1.70. The number of fused-ring (bicyclic) bond motifs is 6. The molecule has 0 radical (unpaired) electrons. The number of amides is 2. The van der Waals surface area contributed by atoms with E-state index >= 15 is 0 Å². The van der Waals surface area contributed by atoms with Crippen LogP contribution in [0.4, 0.5) is 0 Å². The molecule has 6 aliphatic rings. The van der Waals surface area contributed by atoms with Crippen LogP contribution < -0.4 is 10.6 Å². The van der Waals surface area contributed by atoms with Gasteiger partial charge in [-0.25, -0.2) is 9.59 Å². The van der Waals surface area contributed by atoms with Gasteiger partial charge in [-0.15, -0.1) is 0 Å². The number of hydrogen-bond acceptors (Lipinski definition) is 6. The van der Waals surface area contributed by atoms with Crippen LogP contribution in [0, 0.1) is 37.5 Å². The number of aryl methyl sites for hydroxylation is 2. The second-order valence-corrected chi connectivity index (χ2v) is 11.7. The Morgan fingerprint density at radius 1 is 0.711 bits per heavy atom. The van der Waals surface area contributed by atoms with E-state index in [1.807, 2.05) is 0 Å². The van der Waals surface area contributed by atoms with Crippen LogP contribution in [0.25, 0.3) is 0 Å². The van der Waals surface area contributed by atoms with Crippen LogP contribution in [-0.4, -0.2) is 95.1 Å². The molecule has 38 heavy (non-hydrogen) atoms. The summed E-state index contributed by atoms with van der Waals surface area (Å²) < 4.78 is 0. The number of piperidine rings is 6. The van der Waals surface area contributed by atoms with Crippen molar-refractivity contribution >= 4 is 23.8 Å². The Bertz CT molecular complexity index is 1030. The lowest BCUT2D eigenvalue weighted by Crippen LogP contribution is -2.58. The first kappa shape index (κ1) is 26.6. The lowest BCUT2D eigenvalue weighted by molar-refractivity contribution is -0.143. The highest BCUT2D eigenvalue weighted by molar-refractivity contribution is 6.02. The first-order chi connectivity index (χ1) is 18.1. The maximum absolute atomic E-state index is 13.2. The number of carbonyl (C=O) groups excluding carboxylic acids is 2. The fourth-order valence-electron chi connectivity index (χ4n) is 7.22. The van der Waals surface area contributed by atoms with Crippen LogP contribution >= 0.6 is 0 Å². The van der Waals surface area contributed by atoms with E-state index in [9.17, 15) is 29.4 Å². The summed E-state index contributed by atoms with van der Waals surface area (Å²) in [5, 5.41) is 25.4. The summed E-state index contributed by atoms with van der Waals surface area (Å²) in [4.78, 5) is 55.3. The molecule has 0 aliphatic carbocycles. The number of carboxylic acid groups (broad SMARTS) is 2. The number of carboxylic acids is 2. The third kappa shape index (κ3) is 5.16. The first-order valence-electron chi connectivity index (χ1n) is 13.8. The molecule has 10 heteroatoms. The van der Waals surface area contributed by atoms with Gasteiger partial charge in [0.2, 0.25) is 0 Å². The van der Waals surface area contributed by atoms with E-state index in [2.05, 4.69) is 20.4 Å². The van der Waals surface area contributed by atoms with Crippen LogP contribution in [0.15, 0.2) is 12.1 Å². The van der Waals surface area contributed by atoms with Crippen molar-refractivity contribution in [1.82, 2.24) is 20.4 Å². The quantitative estimate of drug-likeness (QED) is 0.398. The summed E-state index contributed by atoms with van der Waals surface area (Å²) >= 11 is 0. The van der Waals surface area contributed by atoms with Crippen molar-refractivity contribution in [3.8, 4) is 0 Å². The van der Waals surface area contributed by atoms with Crippen LogP contribution in [0.2, 0.25) is 0 Å². The molecule has 6 heterocycles. The molecule has 206 valence electrons. The smallest absolute Gasteiger partial charge is 0.326 e. The predicted molar refractivity (Wildman–Crippen MR) is 139 cm³/mol. The monoisotopic (exact) mass is 526 g/mol. The van der Waals surface area contributed by atoms with Gasteiger partial charge in [-0.05, 0) is 101 Å². The summed E-state index contributed by atoms with van der Waals surface area (Å²) in [6, 6.07) is 1.24. The molecule has 2 unspecified atom stereocenters. The maximum atomic E-state index is 13.2. The molecule has 6 fully saturated rings. The molecule has 10 nitrogen and oxygen atoms in total. The fraction of sp³-hybridized carbons (Fsp3) is 0.643. The van der Waals surface area contributed by atoms with Gasteiger partial charge in [0.25, 0.3) is 11.8 Å². The van der Waals surface area contributed by atoms with E-state index in [1.54, 1.807) is 26.0 Å². The van der Waals surface area contributed by atoms with Gasteiger partial charge in [0.15, 0.2) is 0 Å². The SMILES string of the molecule is Cc1cc(C(=O)NC(C(=O)O)[C@H]2CN3CCC2CC3)c(C)cc1C(=O)NC(C(=O)O)[C@H]1CN2CCC1CC2. The Morgan fingerprint density at radius 2 is 1.05 bits per heavy atom. The molecule has 0 aromatic heterocycles. The van der Waals surface area contributed by atoms with Crippen LogP contribution in [0.1, 0.15) is 57.5 Å². The van der Waals surface area contributed by atoms with Gasteiger partial charge in [0, 0.05) is 36.1 Å². The molecule has 0 spiro atoms. The minimum atomic E-state index is -1.03.